The summed E-state index contributed by atoms with van der Waals surface area (Å²) in [4.78, 5) is 23.0. The number of hydrogen-bond acceptors (Lipinski definition) is 2. The highest BCUT2D eigenvalue weighted by molar-refractivity contribution is 6.24. The summed E-state index contributed by atoms with van der Waals surface area (Å²) >= 11 is 5.64. The third kappa shape index (κ3) is 1.30. The van der Waals surface area contributed by atoms with Crippen LogP contribution in [0.15, 0.2) is 0 Å². The molecule has 0 bridgehead atoms. The summed E-state index contributed by atoms with van der Waals surface area (Å²) in [6.07, 6.45) is 0. The van der Waals surface area contributed by atoms with Crippen molar-refractivity contribution in [2.75, 3.05) is 7.05 Å². The minimum absolute atomic E-state index is 0.242. The van der Waals surface area contributed by atoms with E-state index in [-0.39, 0.29) is 11.8 Å². The molecule has 3 amide bonds. The molecule has 62 valence electrons. The van der Waals surface area contributed by atoms with Crippen molar-refractivity contribution in [3.63, 3.8) is 0 Å². The molecule has 2 atom stereocenters. The maximum absolute atomic E-state index is 11.1. The van der Waals surface area contributed by atoms with E-state index in [0.717, 1.165) is 4.90 Å². The second-order valence-electron chi connectivity index (χ2n) is 2.54. The fraction of sp³-hybridized carbons (Fsp3) is 0.667. The Morgan fingerprint density at radius 2 is 2.09 bits per heavy atom. The van der Waals surface area contributed by atoms with Gasteiger partial charge in [0.1, 0.15) is 5.50 Å². The van der Waals surface area contributed by atoms with Gasteiger partial charge < -0.3 is 5.32 Å². The van der Waals surface area contributed by atoms with E-state index < -0.39 is 11.5 Å². The van der Waals surface area contributed by atoms with Gasteiger partial charge in [-0.05, 0) is 0 Å². The van der Waals surface area contributed by atoms with Gasteiger partial charge in [-0.25, -0.2) is 4.79 Å². The second kappa shape index (κ2) is 2.70. The molecule has 4 nitrogen and oxygen atoms in total. The van der Waals surface area contributed by atoms with E-state index in [1.165, 1.54) is 7.05 Å². The maximum Gasteiger partial charge on any atom is 0.325 e. The van der Waals surface area contributed by atoms with Crippen LogP contribution < -0.4 is 5.32 Å². The van der Waals surface area contributed by atoms with E-state index in [1.807, 2.05) is 0 Å². The molecule has 1 heterocycles. The molecule has 0 aromatic carbocycles. The summed E-state index contributed by atoms with van der Waals surface area (Å²) in [6.45, 7) is 1.68. The van der Waals surface area contributed by atoms with Gasteiger partial charge in [-0.1, -0.05) is 18.5 Å². The Morgan fingerprint density at radius 3 is 2.64 bits per heavy atom. The highest BCUT2D eigenvalue weighted by atomic mass is 35.5. The Kier molecular flexibility index (Phi) is 2.04. The highest BCUT2D eigenvalue weighted by Crippen LogP contribution is 2.15. The number of amides is 3. The number of carbonyl (C=O) groups excluding carboxylic acids is 2. The van der Waals surface area contributed by atoms with Crippen molar-refractivity contribution in [1.29, 1.82) is 0 Å². The summed E-state index contributed by atoms with van der Waals surface area (Å²) in [5, 5.41) is 2.44. The molecule has 1 saturated heterocycles. The third-order valence-electron chi connectivity index (χ3n) is 1.73. The fourth-order valence-corrected chi connectivity index (χ4v) is 1.07. The number of urea groups is 1. The Bertz CT molecular complexity index is 207. The van der Waals surface area contributed by atoms with E-state index >= 15 is 0 Å². The fourth-order valence-electron chi connectivity index (χ4n) is 0.870. The van der Waals surface area contributed by atoms with Crippen LogP contribution in [0.2, 0.25) is 0 Å². The first-order valence-electron chi connectivity index (χ1n) is 3.26. The number of nitrogens with one attached hydrogen (secondary N) is 1. The van der Waals surface area contributed by atoms with Crippen molar-refractivity contribution in [2.45, 2.75) is 12.4 Å². The summed E-state index contributed by atoms with van der Waals surface area (Å²) in [6, 6.07) is -0.437. The molecular formula is C6H9ClN2O2. The zero-order valence-corrected chi connectivity index (χ0v) is 7.05. The van der Waals surface area contributed by atoms with Crippen LogP contribution in [0, 0.1) is 5.92 Å². The van der Waals surface area contributed by atoms with Crippen LogP contribution in [0.3, 0.4) is 0 Å². The van der Waals surface area contributed by atoms with Gasteiger partial charge >= 0.3 is 6.03 Å². The van der Waals surface area contributed by atoms with Gasteiger partial charge in [0.2, 0.25) is 5.91 Å². The molecule has 0 aromatic heterocycles. The van der Waals surface area contributed by atoms with E-state index in [1.54, 1.807) is 6.92 Å². The highest BCUT2D eigenvalue weighted by Gasteiger charge is 2.34. The molecule has 1 fully saturated rings. The van der Waals surface area contributed by atoms with E-state index in [2.05, 4.69) is 5.32 Å². The predicted molar refractivity (Wildman–Crippen MR) is 40.1 cm³/mol. The molecule has 0 radical (unpaired) electrons. The molecule has 0 aromatic rings. The zero-order chi connectivity index (χ0) is 8.59. The Morgan fingerprint density at radius 1 is 1.55 bits per heavy atom. The van der Waals surface area contributed by atoms with Crippen LogP contribution in [0.25, 0.3) is 0 Å². The lowest BCUT2D eigenvalue weighted by Crippen LogP contribution is -2.55. The summed E-state index contributed by atoms with van der Waals surface area (Å²) in [5.41, 5.74) is -0.578. The number of rotatable bonds is 0. The molecule has 5 heteroatoms. The molecule has 2 unspecified atom stereocenters. The van der Waals surface area contributed by atoms with Crippen LogP contribution in [0.4, 0.5) is 4.79 Å². The number of halogens is 1. The lowest BCUT2D eigenvalue weighted by Gasteiger charge is -2.30. The molecule has 1 aliphatic rings. The number of hydrogen-bond donors (Lipinski definition) is 1. The maximum atomic E-state index is 11.1. The predicted octanol–water partition coefficient (Wildman–Crippen LogP) is 0.369. The minimum Gasteiger partial charge on any atom is -0.321 e. The van der Waals surface area contributed by atoms with Gasteiger partial charge in [0.05, 0.1) is 5.92 Å². The van der Waals surface area contributed by atoms with Crippen LogP contribution in [-0.4, -0.2) is 29.4 Å². The monoisotopic (exact) mass is 176 g/mol. The lowest BCUT2D eigenvalue weighted by molar-refractivity contribution is -0.132. The molecule has 1 rings (SSSR count). The number of imide groups is 1. The second-order valence-corrected chi connectivity index (χ2v) is 3.01. The average Bonchev–Trinajstić information content (AvgIpc) is 1.97. The Labute approximate surface area is 69.5 Å². The van der Waals surface area contributed by atoms with Gasteiger partial charge in [-0.2, -0.15) is 0 Å². The smallest absolute Gasteiger partial charge is 0.321 e. The van der Waals surface area contributed by atoms with Crippen LogP contribution in [-0.2, 0) is 4.79 Å². The topological polar surface area (TPSA) is 49.4 Å². The average molecular weight is 177 g/mol. The van der Waals surface area contributed by atoms with Crippen molar-refractivity contribution in [3.05, 3.63) is 0 Å². The first-order valence-corrected chi connectivity index (χ1v) is 3.70. The Balaban J connectivity index is 2.79. The quantitative estimate of drug-likeness (QED) is 0.428. The van der Waals surface area contributed by atoms with Gasteiger partial charge in [0.15, 0.2) is 0 Å². The molecule has 1 N–H and O–H groups in total. The molecular weight excluding hydrogens is 168 g/mol. The first kappa shape index (κ1) is 8.33. The van der Waals surface area contributed by atoms with Gasteiger partial charge in [-0.3, -0.25) is 9.69 Å². The van der Waals surface area contributed by atoms with Gasteiger partial charge in [-0.15, -0.1) is 0 Å². The minimum atomic E-state index is -0.578. The normalized spacial score (nSPS) is 32.1. The molecule has 0 saturated carbocycles. The summed E-state index contributed by atoms with van der Waals surface area (Å²) in [7, 11) is 1.43. The van der Waals surface area contributed by atoms with Crippen LogP contribution >= 0.6 is 11.6 Å². The van der Waals surface area contributed by atoms with Crippen molar-refractivity contribution in [3.8, 4) is 0 Å². The first-order chi connectivity index (χ1) is 5.04. The van der Waals surface area contributed by atoms with Crippen molar-refractivity contribution in [1.82, 2.24) is 10.2 Å². The van der Waals surface area contributed by atoms with Crippen LogP contribution in [0.5, 0.6) is 0 Å². The lowest BCUT2D eigenvalue weighted by atomic mass is 10.1. The number of alkyl halides is 1. The van der Waals surface area contributed by atoms with E-state index in [9.17, 15) is 9.59 Å². The molecule has 0 aliphatic carbocycles. The largest absolute Gasteiger partial charge is 0.325 e. The van der Waals surface area contributed by atoms with Crippen molar-refractivity contribution >= 4 is 23.5 Å². The Hall–Kier alpha value is -0.770. The van der Waals surface area contributed by atoms with Crippen molar-refractivity contribution in [2.24, 2.45) is 5.92 Å². The van der Waals surface area contributed by atoms with Crippen LogP contribution in [0.1, 0.15) is 6.92 Å². The number of nitrogens with zero attached hydrogens (tertiary/aromatic N) is 1. The number of carbonyl (C=O) groups is 2. The zero-order valence-electron chi connectivity index (χ0n) is 6.30. The van der Waals surface area contributed by atoms with Gasteiger partial charge in [0, 0.05) is 7.05 Å². The molecule has 0 spiro atoms. The van der Waals surface area contributed by atoms with Gasteiger partial charge in [0.25, 0.3) is 0 Å². The SMILES string of the molecule is CC1C(=O)N(C)C(=O)NC1Cl. The summed E-state index contributed by atoms with van der Waals surface area (Å²) < 4.78 is 0. The van der Waals surface area contributed by atoms with Crippen molar-refractivity contribution < 1.29 is 9.59 Å². The van der Waals surface area contributed by atoms with E-state index in [4.69, 9.17) is 11.6 Å². The molecule has 1 aliphatic heterocycles. The van der Waals surface area contributed by atoms with E-state index in [0.29, 0.717) is 0 Å². The summed E-state index contributed by atoms with van der Waals surface area (Å²) in [5.74, 6) is -0.590. The molecule has 11 heavy (non-hydrogen) atoms. The standard InChI is InChI=1S/C6H9ClN2O2/c1-3-4(7)8-6(11)9(2)5(3)10/h3-4H,1-2H3,(H,8,11). The third-order valence-corrected chi connectivity index (χ3v) is 2.21.